The van der Waals surface area contributed by atoms with Gasteiger partial charge in [0.05, 0.1) is 16.8 Å². The first-order valence-corrected chi connectivity index (χ1v) is 11.0. The highest BCUT2D eigenvalue weighted by molar-refractivity contribution is 6.16. The van der Waals surface area contributed by atoms with Crippen molar-refractivity contribution in [3.05, 3.63) is 59.3 Å². The Bertz CT molecular complexity index is 1120. The fourth-order valence-corrected chi connectivity index (χ4v) is 4.41. The molecule has 0 spiro atoms. The van der Waals surface area contributed by atoms with Crippen LogP contribution in [0, 0.1) is 0 Å². The van der Waals surface area contributed by atoms with E-state index in [1.54, 1.807) is 6.20 Å². The molecule has 0 atom stereocenters. The van der Waals surface area contributed by atoms with E-state index in [1.807, 2.05) is 36.4 Å². The minimum atomic E-state index is 0.00245. The molecule has 0 N–H and O–H groups in total. The molecule has 1 saturated heterocycles. The SMILES string of the molecule is CCc1ccc(C(=O)c2cnc3cc4c(cc3c2N2CCN(CC)CC2)OCO4)cc1. The highest BCUT2D eigenvalue weighted by Crippen LogP contribution is 2.40. The number of nitrogens with zero attached hydrogens (tertiary/aromatic N) is 3. The van der Waals surface area contributed by atoms with Gasteiger partial charge in [-0.1, -0.05) is 38.1 Å². The van der Waals surface area contributed by atoms with Gasteiger partial charge in [0.25, 0.3) is 0 Å². The second-order valence-electron chi connectivity index (χ2n) is 8.04. The highest BCUT2D eigenvalue weighted by atomic mass is 16.7. The Morgan fingerprint density at radius 3 is 2.39 bits per heavy atom. The third-order valence-electron chi connectivity index (χ3n) is 6.34. The molecular weight excluding hydrogens is 390 g/mol. The number of ketones is 1. The maximum Gasteiger partial charge on any atom is 0.231 e. The van der Waals surface area contributed by atoms with Crippen molar-refractivity contribution >= 4 is 22.4 Å². The zero-order valence-electron chi connectivity index (χ0n) is 18.1. The molecule has 3 heterocycles. The normalized spacial score (nSPS) is 16.1. The Labute approximate surface area is 182 Å². The third-order valence-corrected chi connectivity index (χ3v) is 6.34. The van der Waals surface area contributed by atoms with Crippen molar-refractivity contribution in [2.45, 2.75) is 20.3 Å². The number of pyridine rings is 1. The maximum atomic E-state index is 13.6. The second-order valence-corrected chi connectivity index (χ2v) is 8.04. The molecule has 2 aromatic carbocycles. The number of hydrogen-bond donors (Lipinski definition) is 0. The number of aromatic nitrogens is 1. The summed E-state index contributed by atoms with van der Waals surface area (Å²) in [5.74, 6) is 1.42. The van der Waals surface area contributed by atoms with Crippen molar-refractivity contribution in [1.82, 2.24) is 9.88 Å². The Kier molecular flexibility index (Phi) is 5.24. The molecule has 1 aromatic heterocycles. The van der Waals surface area contributed by atoms with Crippen LogP contribution in [0.1, 0.15) is 35.3 Å². The molecule has 3 aromatic rings. The van der Waals surface area contributed by atoms with Gasteiger partial charge in [0.1, 0.15) is 0 Å². The standard InChI is InChI=1S/C25H27N3O3/c1-3-17-5-7-18(8-6-17)25(29)20-15-26-21-14-23-22(30-16-31-23)13-19(21)24(20)28-11-9-27(4-2)10-12-28/h5-8,13-15H,3-4,9-12,16H2,1-2H3. The van der Waals surface area contributed by atoms with Crippen LogP contribution in [-0.4, -0.2) is 55.2 Å². The first-order valence-electron chi connectivity index (χ1n) is 11.0. The zero-order chi connectivity index (χ0) is 21.4. The van der Waals surface area contributed by atoms with E-state index in [0.29, 0.717) is 22.6 Å². The predicted octanol–water partition coefficient (Wildman–Crippen LogP) is 3.90. The molecule has 2 aliphatic rings. The minimum absolute atomic E-state index is 0.00245. The summed E-state index contributed by atoms with van der Waals surface area (Å²) in [6, 6.07) is 11.8. The molecule has 2 aliphatic heterocycles. The number of rotatable bonds is 5. The molecule has 0 saturated carbocycles. The lowest BCUT2D eigenvalue weighted by Gasteiger charge is -2.36. The van der Waals surface area contributed by atoms with E-state index >= 15 is 0 Å². The number of ether oxygens (including phenoxy) is 2. The molecular formula is C25H27N3O3. The van der Waals surface area contributed by atoms with Gasteiger partial charge in [0.15, 0.2) is 17.3 Å². The molecule has 6 nitrogen and oxygen atoms in total. The van der Waals surface area contributed by atoms with Gasteiger partial charge in [-0.3, -0.25) is 9.78 Å². The summed E-state index contributed by atoms with van der Waals surface area (Å²) >= 11 is 0. The Hall–Kier alpha value is -3.12. The van der Waals surface area contributed by atoms with Crippen LogP contribution in [0.15, 0.2) is 42.6 Å². The molecule has 5 rings (SSSR count). The summed E-state index contributed by atoms with van der Waals surface area (Å²) in [4.78, 5) is 23.0. The zero-order valence-corrected chi connectivity index (χ0v) is 18.1. The monoisotopic (exact) mass is 417 g/mol. The summed E-state index contributed by atoms with van der Waals surface area (Å²) in [5, 5.41) is 0.935. The third kappa shape index (κ3) is 3.61. The molecule has 1 fully saturated rings. The Morgan fingerprint density at radius 1 is 1.00 bits per heavy atom. The van der Waals surface area contributed by atoms with Crippen molar-refractivity contribution in [1.29, 1.82) is 0 Å². The number of piperazine rings is 1. The van der Waals surface area contributed by atoms with E-state index in [2.05, 4.69) is 28.6 Å². The van der Waals surface area contributed by atoms with Crippen LogP contribution in [0.25, 0.3) is 10.9 Å². The predicted molar refractivity (Wildman–Crippen MR) is 121 cm³/mol. The number of benzene rings is 2. The number of fused-ring (bicyclic) bond motifs is 2. The molecule has 0 bridgehead atoms. The van der Waals surface area contributed by atoms with Crippen LogP contribution in [-0.2, 0) is 6.42 Å². The summed E-state index contributed by atoms with van der Waals surface area (Å²) in [6.07, 6.45) is 2.67. The van der Waals surface area contributed by atoms with Crippen molar-refractivity contribution in [2.24, 2.45) is 0 Å². The van der Waals surface area contributed by atoms with Gasteiger partial charge >= 0.3 is 0 Å². The van der Waals surface area contributed by atoms with Crippen LogP contribution in [0.2, 0.25) is 0 Å². The number of hydrogen-bond acceptors (Lipinski definition) is 6. The van der Waals surface area contributed by atoms with Crippen LogP contribution in [0.5, 0.6) is 11.5 Å². The van der Waals surface area contributed by atoms with Crippen LogP contribution < -0.4 is 14.4 Å². The first-order chi connectivity index (χ1) is 15.2. The quantitative estimate of drug-likeness (QED) is 0.587. The largest absolute Gasteiger partial charge is 0.454 e. The van der Waals surface area contributed by atoms with Crippen molar-refractivity contribution in [3.8, 4) is 11.5 Å². The van der Waals surface area contributed by atoms with Gasteiger partial charge in [-0.15, -0.1) is 0 Å². The fraction of sp³-hybridized carbons (Fsp3) is 0.360. The van der Waals surface area contributed by atoms with E-state index in [0.717, 1.165) is 55.7 Å². The molecule has 31 heavy (non-hydrogen) atoms. The van der Waals surface area contributed by atoms with E-state index in [-0.39, 0.29) is 12.6 Å². The number of carbonyl (C=O) groups excluding carboxylic acids is 1. The van der Waals surface area contributed by atoms with Crippen LogP contribution >= 0.6 is 0 Å². The van der Waals surface area contributed by atoms with Gasteiger partial charge in [-0.05, 0) is 24.6 Å². The van der Waals surface area contributed by atoms with Gasteiger partial charge < -0.3 is 19.3 Å². The molecule has 160 valence electrons. The summed E-state index contributed by atoms with van der Waals surface area (Å²) in [7, 11) is 0. The number of aryl methyl sites for hydroxylation is 1. The van der Waals surface area contributed by atoms with E-state index < -0.39 is 0 Å². The van der Waals surface area contributed by atoms with E-state index in [1.165, 1.54) is 5.56 Å². The van der Waals surface area contributed by atoms with Gasteiger partial charge in [0.2, 0.25) is 6.79 Å². The summed E-state index contributed by atoms with van der Waals surface area (Å²) in [5.41, 5.74) is 4.31. The second kappa shape index (κ2) is 8.19. The number of anilines is 1. The number of likely N-dealkylation sites (N-methyl/N-ethyl adjacent to an activating group) is 1. The smallest absolute Gasteiger partial charge is 0.231 e. The summed E-state index contributed by atoms with van der Waals surface area (Å²) in [6.45, 7) is 9.25. The van der Waals surface area contributed by atoms with E-state index in [9.17, 15) is 4.79 Å². The first kappa shape index (κ1) is 19.8. The number of carbonyl (C=O) groups is 1. The van der Waals surface area contributed by atoms with Gasteiger partial charge in [-0.25, -0.2) is 0 Å². The fourth-order valence-electron chi connectivity index (χ4n) is 4.41. The molecule has 0 aliphatic carbocycles. The van der Waals surface area contributed by atoms with Crippen molar-refractivity contribution < 1.29 is 14.3 Å². The van der Waals surface area contributed by atoms with Gasteiger partial charge in [-0.2, -0.15) is 0 Å². The molecule has 0 unspecified atom stereocenters. The average molecular weight is 418 g/mol. The lowest BCUT2D eigenvalue weighted by atomic mass is 9.98. The minimum Gasteiger partial charge on any atom is -0.454 e. The Balaban J connectivity index is 1.62. The van der Waals surface area contributed by atoms with Crippen LogP contribution in [0.3, 0.4) is 0 Å². The average Bonchev–Trinajstić information content (AvgIpc) is 3.29. The van der Waals surface area contributed by atoms with Crippen LogP contribution in [0.4, 0.5) is 5.69 Å². The maximum absolute atomic E-state index is 13.6. The van der Waals surface area contributed by atoms with Gasteiger partial charge in [0, 0.05) is 49.4 Å². The summed E-state index contributed by atoms with van der Waals surface area (Å²) < 4.78 is 11.2. The van der Waals surface area contributed by atoms with Crippen molar-refractivity contribution in [3.63, 3.8) is 0 Å². The molecule has 0 amide bonds. The van der Waals surface area contributed by atoms with E-state index in [4.69, 9.17) is 9.47 Å². The lowest BCUT2D eigenvalue weighted by Crippen LogP contribution is -2.46. The highest BCUT2D eigenvalue weighted by Gasteiger charge is 2.26. The molecule has 6 heteroatoms. The topological polar surface area (TPSA) is 54.9 Å². The lowest BCUT2D eigenvalue weighted by molar-refractivity contribution is 0.103. The molecule has 0 radical (unpaired) electrons. The Morgan fingerprint density at radius 2 is 1.71 bits per heavy atom. The van der Waals surface area contributed by atoms with Crippen molar-refractivity contribution in [2.75, 3.05) is 44.4 Å².